The second-order valence-electron chi connectivity index (χ2n) is 8.37. The molecule has 2 saturated heterocycles. The summed E-state index contributed by atoms with van der Waals surface area (Å²) in [6, 6.07) is 7.41. The summed E-state index contributed by atoms with van der Waals surface area (Å²) in [7, 11) is 1.62. The van der Waals surface area contributed by atoms with Crippen LogP contribution in [0, 0.1) is 0 Å². The van der Waals surface area contributed by atoms with Crippen LogP contribution >= 0.6 is 0 Å². The molecule has 6 nitrogen and oxygen atoms in total. The Morgan fingerprint density at radius 1 is 1.14 bits per heavy atom. The van der Waals surface area contributed by atoms with Crippen LogP contribution in [0.1, 0.15) is 51.4 Å². The number of benzene rings is 1. The molecule has 0 aromatic heterocycles. The lowest BCUT2D eigenvalue weighted by molar-refractivity contribution is -0.136. The first-order valence-electron chi connectivity index (χ1n) is 10.6. The SMILES string of the molecule is COc1cccc(N2CC(NC(=O)C3(N4CCCC4)CCCCC3)CC2=O)c1. The number of amides is 2. The number of anilines is 1. The predicted octanol–water partition coefficient (Wildman–Crippen LogP) is 2.72. The molecular formula is C22H31N3O3. The molecule has 1 atom stereocenters. The van der Waals surface area contributed by atoms with Crippen LogP contribution in [-0.2, 0) is 9.59 Å². The number of hydrogen-bond donors (Lipinski definition) is 1. The lowest BCUT2D eigenvalue weighted by Crippen LogP contribution is -2.60. The van der Waals surface area contributed by atoms with E-state index in [9.17, 15) is 9.59 Å². The molecule has 1 unspecified atom stereocenters. The van der Waals surface area contributed by atoms with E-state index in [-0.39, 0.29) is 23.4 Å². The molecule has 3 aliphatic rings. The van der Waals surface area contributed by atoms with Gasteiger partial charge in [0.15, 0.2) is 0 Å². The minimum absolute atomic E-state index is 0.0532. The average Bonchev–Trinajstić information content (AvgIpc) is 3.39. The first kappa shape index (κ1) is 19.2. The number of ether oxygens (including phenoxy) is 1. The van der Waals surface area contributed by atoms with Gasteiger partial charge in [0.25, 0.3) is 0 Å². The fourth-order valence-corrected chi connectivity index (χ4v) is 5.12. The van der Waals surface area contributed by atoms with E-state index >= 15 is 0 Å². The molecule has 28 heavy (non-hydrogen) atoms. The van der Waals surface area contributed by atoms with Crippen LogP contribution < -0.4 is 15.0 Å². The van der Waals surface area contributed by atoms with Crippen molar-refractivity contribution < 1.29 is 14.3 Å². The molecule has 1 aromatic carbocycles. The van der Waals surface area contributed by atoms with E-state index < -0.39 is 0 Å². The van der Waals surface area contributed by atoms with Crippen molar-refractivity contribution in [1.29, 1.82) is 0 Å². The van der Waals surface area contributed by atoms with E-state index in [1.54, 1.807) is 12.0 Å². The summed E-state index contributed by atoms with van der Waals surface area (Å²) in [5, 5.41) is 3.25. The van der Waals surface area contributed by atoms with E-state index in [2.05, 4.69) is 10.2 Å². The fourth-order valence-electron chi connectivity index (χ4n) is 5.12. The Labute approximate surface area is 167 Å². The second-order valence-corrected chi connectivity index (χ2v) is 8.37. The Morgan fingerprint density at radius 2 is 1.89 bits per heavy atom. The summed E-state index contributed by atoms with van der Waals surface area (Å²) >= 11 is 0. The topological polar surface area (TPSA) is 61.9 Å². The van der Waals surface area contributed by atoms with E-state index in [1.165, 1.54) is 19.3 Å². The molecular weight excluding hydrogens is 354 g/mol. The number of rotatable bonds is 5. The molecule has 0 radical (unpaired) electrons. The van der Waals surface area contributed by atoms with Gasteiger partial charge in [0, 0.05) is 24.7 Å². The first-order valence-corrected chi connectivity index (χ1v) is 10.6. The van der Waals surface area contributed by atoms with Crippen molar-refractivity contribution in [3.05, 3.63) is 24.3 Å². The van der Waals surface area contributed by atoms with E-state index in [0.717, 1.165) is 50.2 Å². The fraction of sp³-hybridized carbons (Fsp3) is 0.636. The Morgan fingerprint density at radius 3 is 2.61 bits per heavy atom. The number of carbonyl (C=O) groups excluding carboxylic acids is 2. The van der Waals surface area contributed by atoms with Gasteiger partial charge in [-0.2, -0.15) is 0 Å². The van der Waals surface area contributed by atoms with Crippen molar-refractivity contribution in [2.45, 2.75) is 62.9 Å². The van der Waals surface area contributed by atoms with Gasteiger partial charge in [-0.15, -0.1) is 0 Å². The summed E-state index contributed by atoms with van der Waals surface area (Å²) < 4.78 is 5.28. The van der Waals surface area contributed by atoms with Crippen LogP contribution in [0.5, 0.6) is 5.75 Å². The number of methoxy groups -OCH3 is 1. The molecule has 2 aliphatic heterocycles. The normalized spacial score (nSPS) is 25.1. The standard InChI is InChI=1S/C22H31N3O3/c1-28-19-9-7-8-18(15-19)25-16-17(14-20(25)26)23-21(27)22(10-3-2-4-11-22)24-12-5-6-13-24/h7-9,15,17H,2-6,10-14,16H2,1H3,(H,23,27). The van der Waals surface area contributed by atoms with Gasteiger partial charge in [-0.1, -0.05) is 25.3 Å². The molecule has 0 bridgehead atoms. The predicted molar refractivity (Wildman–Crippen MR) is 109 cm³/mol. The number of hydrogen-bond acceptors (Lipinski definition) is 4. The van der Waals surface area contributed by atoms with Gasteiger partial charge in [-0.25, -0.2) is 0 Å². The lowest BCUT2D eigenvalue weighted by Gasteiger charge is -2.43. The number of nitrogens with one attached hydrogen (secondary N) is 1. The molecule has 152 valence electrons. The van der Waals surface area contributed by atoms with E-state index in [0.29, 0.717) is 13.0 Å². The Balaban J connectivity index is 1.46. The van der Waals surface area contributed by atoms with Gasteiger partial charge in [-0.05, 0) is 50.9 Å². The largest absolute Gasteiger partial charge is 0.497 e. The Bertz CT molecular complexity index is 723. The van der Waals surface area contributed by atoms with E-state index in [4.69, 9.17) is 4.74 Å². The van der Waals surface area contributed by atoms with Crippen LogP contribution in [-0.4, -0.2) is 55.0 Å². The highest BCUT2D eigenvalue weighted by molar-refractivity contribution is 5.97. The smallest absolute Gasteiger partial charge is 0.240 e. The Kier molecular flexibility index (Phi) is 5.58. The van der Waals surface area contributed by atoms with Crippen LogP contribution in [0.3, 0.4) is 0 Å². The minimum atomic E-state index is -0.360. The minimum Gasteiger partial charge on any atom is -0.497 e. The monoisotopic (exact) mass is 385 g/mol. The molecule has 0 spiro atoms. The molecule has 1 aromatic rings. The van der Waals surface area contributed by atoms with Crippen LogP contribution in [0.2, 0.25) is 0 Å². The maximum atomic E-state index is 13.4. The van der Waals surface area contributed by atoms with Crippen LogP contribution in [0.25, 0.3) is 0 Å². The average molecular weight is 386 g/mol. The van der Waals surface area contributed by atoms with Crippen LogP contribution in [0.15, 0.2) is 24.3 Å². The van der Waals surface area contributed by atoms with E-state index in [1.807, 2.05) is 24.3 Å². The highest BCUT2D eigenvalue weighted by atomic mass is 16.5. The zero-order chi connectivity index (χ0) is 19.6. The molecule has 2 heterocycles. The third-order valence-corrected chi connectivity index (χ3v) is 6.64. The summed E-state index contributed by atoms with van der Waals surface area (Å²) in [6.45, 7) is 2.56. The number of nitrogens with zero attached hydrogens (tertiary/aromatic N) is 2. The van der Waals surface area contributed by atoms with Gasteiger partial charge in [0.2, 0.25) is 11.8 Å². The third-order valence-electron chi connectivity index (χ3n) is 6.64. The number of carbonyl (C=O) groups is 2. The molecule has 6 heteroatoms. The Hall–Kier alpha value is -2.08. The van der Waals surface area contributed by atoms with Crippen molar-refractivity contribution >= 4 is 17.5 Å². The third kappa shape index (κ3) is 3.62. The van der Waals surface area contributed by atoms with Crippen molar-refractivity contribution in [2.75, 3.05) is 31.6 Å². The quantitative estimate of drug-likeness (QED) is 0.847. The van der Waals surface area contributed by atoms with Crippen molar-refractivity contribution in [2.24, 2.45) is 0 Å². The van der Waals surface area contributed by atoms with Crippen molar-refractivity contribution in [3.63, 3.8) is 0 Å². The van der Waals surface area contributed by atoms with Crippen LogP contribution in [0.4, 0.5) is 5.69 Å². The van der Waals surface area contributed by atoms with Crippen molar-refractivity contribution in [1.82, 2.24) is 10.2 Å². The van der Waals surface area contributed by atoms with Gasteiger partial charge in [0.05, 0.1) is 13.2 Å². The lowest BCUT2D eigenvalue weighted by atomic mass is 9.79. The summed E-state index contributed by atoms with van der Waals surface area (Å²) in [4.78, 5) is 30.2. The first-order chi connectivity index (χ1) is 13.6. The second kappa shape index (κ2) is 8.11. The molecule has 2 amide bonds. The summed E-state index contributed by atoms with van der Waals surface area (Å²) in [5.41, 5.74) is 0.467. The molecule has 1 saturated carbocycles. The zero-order valence-electron chi connectivity index (χ0n) is 16.8. The highest BCUT2D eigenvalue weighted by Gasteiger charge is 2.46. The molecule has 1 N–H and O–H groups in total. The maximum Gasteiger partial charge on any atom is 0.240 e. The van der Waals surface area contributed by atoms with Gasteiger partial charge < -0.3 is 15.0 Å². The molecule has 1 aliphatic carbocycles. The molecule has 3 fully saturated rings. The zero-order valence-corrected chi connectivity index (χ0v) is 16.8. The van der Waals surface area contributed by atoms with Gasteiger partial charge in [-0.3, -0.25) is 14.5 Å². The maximum absolute atomic E-state index is 13.4. The van der Waals surface area contributed by atoms with Crippen molar-refractivity contribution in [3.8, 4) is 5.75 Å². The summed E-state index contributed by atoms with van der Waals surface area (Å²) in [5.74, 6) is 0.921. The molecule has 4 rings (SSSR count). The number of likely N-dealkylation sites (tertiary alicyclic amines) is 1. The highest BCUT2D eigenvalue weighted by Crippen LogP contribution is 2.36. The van der Waals surface area contributed by atoms with Gasteiger partial charge >= 0.3 is 0 Å². The van der Waals surface area contributed by atoms with Gasteiger partial charge in [0.1, 0.15) is 11.3 Å². The summed E-state index contributed by atoms with van der Waals surface area (Å²) in [6.07, 6.45) is 8.06.